The second-order valence-electron chi connectivity index (χ2n) is 5.40. The molecule has 23 heavy (non-hydrogen) atoms. The molecule has 1 aliphatic rings. The predicted molar refractivity (Wildman–Crippen MR) is 86.1 cm³/mol. The molecule has 0 aliphatic carbocycles. The molecule has 0 unspecified atom stereocenters. The predicted octanol–water partition coefficient (Wildman–Crippen LogP) is 1.11. The molecule has 2 atom stereocenters. The van der Waals surface area contributed by atoms with E-state index in [9.17, 15) is 9.59 Å². The van der Waals surface area contributed by atoms with Gasteiger partial charge in [0.25, 0.3) is 0 Å². The largest absolute Gasteiger partial charge is 0.487 e. The third-order valence-electron chi connectivity index (χ3n) is 4.03. The molecular weight excluding hydrogens is 296 g/mol. The summed E-state index contributed by atoms with van der Waals surface area (Å²) in [6, 6.07) is 2.98. The Morgan fingerprint density at radius 3 is 2.74 bits per heavy atom. The molecule has 3 amide bonds. The molecule has 0 spiro atoms. The number of nitrogens with zero attached hydrogens (tertiary/aromatic N) is 3. The zero-order valence-corrected chi connectivity index (χ0v) is 13.9. The lowest BCUT2D eigenvalue weighted by molar-refractivity contribution is -0.124. The zero-order chi connectivity index (χ0) is 16.8. The molecule has 1 fully saturated rings. The van der Waals surface area contributed by atoms with Gasteiger partial charge in [0.2, 0.25) is 5.91 Å². The maximum Gasteiger partial charge on any atom is 0.320 e. The van der Waals surface area contributed by atoms with Crippen molar-refractivity contribution in [2.45, 2.75) is 32.4 Å². The molecular formula is C16H24N4O3. The van der Waals surface area contributed by atoms with E-state index in [1.165, 1.54) is 0 Å². The Labute approximate surface area is 136 Å². The Bertz CT molecular complexity index is 533. The Kier molecular flexibility index (Phi) is 5.78. The van der Waals surface area contributed by atoms with Gasteiger partial charge in [0.15, 0.2) is 0 Å². The summed E-state index contributed by atoms with van der Waals surface area (Å²) in [7, 11) is 1.58. The van der Waals surface area contributed by atoms with Crippen LogP contribution in [0.25, 0.3) is 0 Å². The highest BCUT2D eigenvalue weighted by atomic mass is 16.5. The van der Waals surface area contributed by atoms with E-state index in [-0.39, 0.29) is 18.0 Å². The number of rotatable bonds is 5. The molecule has 126 valence electrons. The van der Waals surface area contributed by atoms with Gasteiger partial charge in [-0.2, -0.15) is 0 Å². The first-order chi connectivity index (χ1) is 11.1. The molecule has 1 N–H and O–H groups in total. The maximum atomic E-state index is 12.6. The highest BCUT2D eigenvalue weighted by Crippen LogP contribution is 2.24. The summed E-state index contributed by atoms with van der Waals surface area (Å²) in [5.74, 6) is 0.480. The number of hydrogen-bond donors (Lipinski definition) is 1. The second kappa shape index (κ2) is 7.80. The number of urea groups is 1. The normalized spacial score (nSPS) is 20.2. The molecule has 0 radical (unpaired) electrons. The van der Waals surface area contributed by atoms with Crippen LogP contribution in [0.4, 0.5) is 4.79 Å². The van der Waals surface area contributed by atoms with Crippen LogP contribution in [0.3, 0.4) is 0 Å². The second-order valence-corrected chi connectivity index (χ2v) is 5.40. The summed E-state index contributed by atoms with van der Waals surface area (Å²) in [5.41, 5.74) is 0. The van der Waals surface area contributed by atoms with Crippen LogP contribution in [-0.2, 0) is 4.79 Å². The molecule has 1 aliphatic heterocycles. The van der Waals surface area contributed by atoms with E-state index in [1.807, 2.05) is 19.9 Å². The Hall–Kier alpha value is -2.31. The minimum absolute atomic E-state index is 0.124. The van der Waals surface area contributed by atoms with Crippen molar-refractivity contribution in [1.29, 1.82) is 0 Å². The van der Waals surface area contributed by atoms with Crippen LogP contribution in [-0.4, -0.2) is 65.5 Å². The number of likely N-dealkylation sites (N-methyl/N-ethyl adjacent to an activating group) is 1. The van der Waals surface area contributed by atoms with Crippen molar-refractivity contribution in [3.63, 3.8) is 0 Å². The number of hydrogen-bond acceptors (Lipinski definition) is 4. The number of carbonyl (C=O) groups is 2. The van der Waals surface area contributed by atoms with E-state index in [1.54, 1.807) is 35.3 Å². The first-order valence-corrected chi connectivity index (χ1v) is 7.94. The molecule has 7 heteroatoms. The van der Waals surface area contributed by atoms with Crippen molar-refractivity contribution in [2.75, 3.05) is 26.7 Å². The third kappa shape index (κ3) is 3.91. The Morgan fingerprint density at radius 2 is 2.17 bits per heavy atom. The Balaban J connectivity index is 2.12. The molecule has 0 bridgehead atoms. The van der Waals surface area contributed by atoms with Crippen LogP contribution in [0, 0.1) is 0 Å². The van der Waals surface area contributed by atoms with Crippen molar-refractivity contribution in [2.24, 2.45) is 0 Å². The van der Waals surface area contributed by atoms with Crippen LogP contribution in [0.1, 0.15) is 20.3 Å². The van der Waals surface area contributed by atoms with Gasteiger partial charge in [0.1, 0.15) is 17.9 Å². The fourth-order valence-corrected chi connectivity index (χ4v) is 2.79. The van der Waals surface area contributed by atoms with Crippen LogP contribution < -0.4 is 10.1 Å². The Morgan fingerprint density at radius 1 is 1.43 bits per heavy atom. The number of pyridine rings is 1. The number of amides is 3. The number of carbonyl (C=O) groups excluding carboxylic acids is 2. The molecule has 0 aromatic carbocycles. The smallest absolute Gasteiger partial charge is 0.320 e. The summed E-state index contributed by atoms with van der Waals surface area (Å²) < 4.78 is 5.87. The van der Waals surface area contributed by atoms with E-state index < -0.39 is 6.04 Å². The molecule has 1 aromatic heterocycles. The molecule has 1 aromatic rings. The quantitative estimate of drug-likeness (QED) is 0.882. The average molecular weight is 320 g/mol. The lowest BCUT2D eigenvalue weighted by Crippen LogP contribution is -2.50. The molecule has 1 saturated heterocycles. The minimum Gasteiger partial charge on any atom is -0.487 e. The van der Waals surface area contributed by atoms with E-state index in [0.717, 1.165) is 0 Å². The first kappa shape index (κ1) is 17.1. The monoisotopic (exact) mass is 320 g/mol. The topological polar surface area (TPSA) is 74.8 Å². The third-order valence-corrected chi connectivity index (χ3v) is 4.03. The fraction of sp³-hybridized carbons (Fsp3) is 0.562. The lowest BCUT2D eigenvalue weighted by atomic mass is 10.2. The van der Waals surface area contributed by atoms with Crippen molar-refractivity contribution in [3.8, 4) is 5.75 Å². The fourth-order valence-electron chi connectivity index (χ4n) is 2.79. The van der Waals surface area contributed by atoms with Crippen LogP contribution >= 0.6 is 0 Å². The van der Waals surface area contributed by atoms with Gasteiger partial charge in [-0.25, -0.2) is 4.79 Å². The summed E-state index contributed by atoms with van der Waals surface area (Å²) in [6.07, 6.45) is 3.55. The van der Waals surface area contributed by atoms with Gasteiger partial charge in [-0.3, -0.25) is 9.78 Å². The van der Waals surface area contributed by atoms with Gasteiger partial charge in [-0.15, -0.1) is 0 Å². The number of aromatic nitrogens is 1. The summed E-state index contributed by atoms with van der Waals surface area (Å²) >= 11 is 0. The van der Waals surface area contributed by atoms with Crippen molar-refractivity contribution in [1.82, 2.24) is 20.1 Å². The van der Waals surface area contributed by atoms with E-state index in [0.29, 0.717) is 31.8 Å². The van der Waals surface area contributed by atoms with Crippen LogP contribution in [0.5, 0.6) is 5.75 Å². The van der Waals surface area contributed by atoms with Gasteiger partial charge >= 0.3 is 6.03 Å². The number of likely N-dealkylation sites (tertiary alicyclic amines) is 1. The van der Waals surface area contributed by atoms with Gasteiger partial charge in [-0.05, 0) is 26.0 Å². The van der Waals surface area contributed by atoms with Crippen molar-refractivity contribution in [3.05, 3.63) is 24.5 Å². The number of nitrogens with one attached hydrogen (secondary N) is 1. The summed E-state index contributed by atoms with van der Waals surface area (Å²) in [5, 5.41) is 2.63. The van der Waals surface area contributed by atoms with Gasteiger partial charge < -0.3 is 19.9 Å². The highest BCUT2D eigenvalue weighted by molar-refractivity contribution is 5.87. The lowest BCUT2D eigenvalue weighted by Gasteiger charge is -2.29. The molecule has 7 nitrogen and oxygen atoms in total. The van der Waals surface area contributed by atoms with E-state index >= 15 is 0 Å². The molecule has 2 heterocycles. The maximum absolute atomic E-state index is 12.6. The van der Waals surface area contributed by atoms with Gasteiger partial charge in [0.05, 0.1) is 12.7 Å². The standard InChI is InChI=1S/C16H24N4O3/c1-4-19(5-2)16(22)20-11-13(9-14(20)15(21)17-3)23-12-7-6-8-18-10-12/h6-8,10,13-14H,4-5,9,11H2,1-3H3,(H,17,21)/t13-,14+/m0/s1. The van der Waals surface area contributed by atoms with Crippen LogP contribution in [0.15, 0.2) is 24.5 Å². The van der Waals surface area contributed by atoms with Crippen molar-refractivity contribution < 1.29 is 14.3 Å². The van der Waals surface area contributed by atoms with E-state index in [2.05, 4.69) is 10.3 Å². The van der Waals surface area contributed by atoms with E-state index in [4.69, 9.17) is 4.74 Å². The average Bonchev–Trinajstić information content (AvgIpc) is 3.00. The van der Waals surface area contributed by atoms with Crippen molar-refractivity contribution >= 4 is 11.9 Å². The van der Waals surface area contributed by atoms with Gasteiger partial charge in [0, 0.05) is 32.8 Å². The van der Waals surface area contributed by atoms with Gasteiger partial charge in [-0.1, -0.05) is 0 Å². The minimum atomic E-state index is -0.505. The SMILES string of the molecule is CCN(CC)C(=O)N1C[C@@H](Oc2cccnc2)C[C@@H]1C(=O)NC. The molecule has 0 saturated carbocycles. The number of ether oxygens (including phenoxy) is 1. The summed E-state index contributed by atoms with van der Waals surface area (Å²) in [6.45, 7) is 5.47. The first-order valence-electron chi connectivity index (χ1n) is 7.94. The molecule has 2 rings (SSSR count). The summed E-state index contributed by atoms with van der Waals surface area (Å²) in [4.78, 5) is 32.1. The highest BCUT2D eigenvalue weighted by Gasteiger charge is 2.41. The zero-order valence-electron chi connectivity index (χ0n) is 13.9. The van der Waals surface area contributed by atoms with Crippen LogP contribution in [0.2, 0.25) is 0 Å².